The zero-order valence-electron chi connectivity index (χ0n) is 15.7. The van der Waals surface area contributed by atoms with Crippen LogP contribution in [0.5, 0.6) is 5.75 Å². The van der Waals surface area contributed by atoms with Crippen molar-refractivity contribution in [1.29, 1.82) is 0 Å². The van der Waals surface area contributed by atoms with Crippen LogP contribution in [0.3, 0.4) is 0 Å². The predicted octanol–water partition coefficient (Wildman–Crippen LogP) is 2.98. The highest BCUT2D eigenvalue weighted by molar-refractivity contribution is 7.89. The number of amides is 1. The molecule has 0 aliphatic heterocycles. The third-order valence-electron chi connectivity index (χ3n) is 4.59. The Morgan fingerprint density at radius 3 is 2.46 bits per heavy atom. The molecule has 1 aliphatic rings. The van der Waals surface area contributed by atoms with Gasteiger partial charge in [0.2, 0.25) is 10.0 Å². The summed E-state index contributed by atoms with van der Waals surface area (Å²) in [7, 11) is -3.50. The average molecular weight is 383 g/mol. The number of ether oxygens (including phenoxy) is 1. The molecular weight excluding hydrogens is 352 g/mol. The van der Waals surface area contributed by atoms with E-state index in [0.29, 0.717) is 12.3 Å². The van der Waals surface area contributed by atoms with Crippen molar-refractivity contribution in [2.75, 3.05) is 6.54 Å². The Kier molecular flexibility index (Phi) is 7.90. The normalized spacial score (nSPS) is 16.8. The molecule has 0 heterocycles. The van der Waals surface area contributed by atoms with E-state index in [2.05, 4.69) is 10.0 Å². The molecule has 1 atom stereocenters. The van der Waals surface area contributed by atoms with Crippen LogP contribution in [0.25, 0.3) is 0 Å². The lowest BCUT2D eigenvalue weighted by Gasteiger charge is -2.24. The maximum atomic E-state index is 12.2. The van der Waals surface area contributed by atoms with Crippen LogP contribution in [0.15, 0.2) is 29.2 Å². The molecule has 0 spiro atoms. The summed E-state index contributed by atoms with van der Waals surface area (Å²) in [4.78, 5) is 12.4. The fourth-order valence-corrected chi connectivity index (χ4v) is 4.06. The van der Waals surface area contributed by atoms with Crippen molar-refractivity contribution in [3.05, 3.63) is 24.3 Å². The number of unbranched alkanes of at least 4 members (excludes halogenated alkanes) is 1. The number of sulfonamides is 1. The second-order valence-electron chi connectivity index (χ2n) is 6.83. The minimum absolute atomic E-state index is 0.130. The summed E-state index contributed by atoms with van der Waals surface area (Å²) in [5.74, 6) is 0.346. The van der Waals surface area contributed by atoms with Gasteiger partial charge in [0.05, 0.1) is 4.90 Å². The van der Waals surface area contributed by atoms with E-state index in [-0.39, 0.29) is 16.8 Å². The second kappa shape index (κ2) is 9.92. The minimum Gasteiger partial charge on any atom is -0.481 e. The quantitative estimate of drug-likeness (QED) is 0.643. The third-order valence-corrected chi connectivity index (χ3v) is 6.07. The summed E-state index contributed by atoms with van der Waals surface area (Å²) in [6.07, 6.45) is 6.70. The maximum absolute atomic E-state index is 12.2. The molecule has 2 N–H and O–H groups in total. The molecule has 1 aromatic rings. The van der Waals surface area contributed by atoms with Gasteiger partial charge < -0.3 is 10.1 Å². The lowest BCUT2D eigenvalue weighted by molar-refractivity contribution is -0.128. The maximum Gasteiger partial charge on any atom is 0.260 e. The van der Waals surface area contributed by atoms with E-state index >= 15 is 0 Å². The largest absolute Gasteiger partial charge is 0.481 e. The molecular formula is C19H30N2O4S. The zero-order valence-corrected chi connectivity index (χ0v) is 16.5. The molecule has 7 heteroatoms. The number of hydrogen-bond acceptors (Lipinski definition) is 4. The van der Waals surface area contributed by atoms with Gasteiger partial charge in [-0.05, 0) is 50.5 Å². The molecule has 146 valence electrons. The van der Waals surface area contributed by atoms with Crippen LogP contribution in [-0.2, 0) is 14.8 Å². The van der Waals surface area contributed by atoms with Gasteiger partial charge in [-0.2, -0.15) is 0 Å². The molecule has 1 fully saturated rings. The highest BCUT2D eigenvalue weighted by atomic mass is 32.2. The topological polar surface area (TPSA) is 84.5 Å². The second-order valence-corrected chi connectivity index (χ2v) is 8.59. The lowest BCUT2D eigenvalue weighted by atomic mass is 9.95. The molecule has 6 nitrogen and oxygen atoms in total. The fraction of sp³-hybridized carbons (Fsp3) is 0.632. The lowest BCUT2D eigenvalue weighted by Crippen LogP contribution is -2.43. The Morgan fingerprint density at radius 1 is 1.19 bits per heavy atom. The first-order valence-corrected chi connectivity index (χ1v) is 11.0. The van der Waals surface area contributed by atoms with Gasteiger partial charge in [0.25, 0.3) is 5.91 Å². The first-order valence-electron chi connectivity index (χ1n) is 9.49. The molecule has 1 amide bonds. The minimum atomic E-state index is -3.50. The molecule has 0 saturated heterocycles. The Hall–Kier alpha value is -1.60. The van der Waals surface area contributed by atoms with E-state index in [1.807, 2.05) is 6.92 Å². The number of carbonyl (C=O) groups excluding carboxylic acids is 1. The van der Waals surface area contributed by atoms with Crippen molar-refractivity contribution in [2.45, 2.75) is 75.8 Å². The van der Waals surface area contributed by atoms with Gasteiger partial charge in [0.1, 0.15) is 5.75 Å². The van der Waals surface area contributed by atoms with Crippen molar-refractivity contribution in [2.24, 2.45) is 0 Å². The Labute approximate surface area is 156 Å². The van der Waals surface area contributed by atoms with Gasteiger partial charge in [0, 0.05) is 12.6 Å². The molecule has 1 saturated carbocycles. The van der Waals surface area contributed by atoms with Crippen LogP contribution in [0.2, 0.25) is 0 Å². The number of carbonyl (C=O) groups is 1. The van der Waals surface area contributed by atoms with Gasteiger partial charge >= 0.3 is 0 Å². The highest BCUT2D eigenvalue weighted by Crippen LogP contribution is 2.19. The zero-order chi connectivity index (χ0) is 19.0. The van der Waals surface area contributed by atoms with Crippen LogP contribution in [0.1, 0.15) is 58.8 Å². The van der Waals surface area contributed by atoms with Crippen molar-refractivity contribution < 1.29 is 17.9 Å². The van der Waals surface area contributed by atoms with E-state index in [9.17, 15) is 13.2 Å². The van der Waals surface area contributed by atoms with Crippen LogP contribution in [0.4, 0.5) is 0 Å². The van der Waals surface area contributed by atoms with E-state index < -0.39 is 16.1 Å². The van der Waals surface area contributed by atoms with Crippen molar-refractivity contribution in [3.8, 4) is 5.75 Å². The predicted molar refractivity (Wildman–Crippen MR) is 102 cm³/mol. The Bertz CT molecular complexity index is 667. The van der Waals surface area contributed by atoms with Gasteiger partial charge in [-0.25, -0.2) is 13.1 Å². The monoisotopic (exact) mass is 382 g/mol. The first-order chi connectivity index (χ1) is 12.4. The molecule has 26 heavy (non-hydrogen) atoms. The summed E-state index contributed by atoms with van der Waals surface area (Å²) in [6.45, 7) is 4.14. The van der Waals surface area contributed by atoms with Gasteiger partial charge in [-0.3, -0.25) is 4.79 Å². The molecule has 0 bridgehead atoms. The third kappa shape index (κ3) is 6.29. The summed E-state index contributed by atoms with van der Waals surface area (Å²) < 4.78 is 32.5. The van der Waals surface area contributed by atoms with Crippen LogP contribution < -0.4 is 14.8 Å². The molecule has 0 radical (unpaired) electrons. The first kappa shape index (κ1) is 20.7. The molecule has 0 aromatic heterocycles. The van der Waals surface area contributed by atoms with E-state index in [1.165, 1.54) is 18.6 Å². The Balaban J connectivity index is 1.88. The summed E-state index contributed by atoms with van der Waals surface area (Å²) in [5, 5.41) is 3.03. The Morgan fingerprint density at radius 2 is 1.85 bits per heavy atom. The summed E-state index contributed by atoms with van der Waals surface area (Å²) >= 11 is 0. The number of rotatable bonds is 9. The molecule has 2 rings (SSSR count). The standard InChI is InChI=1S/C19H30N2O4S/c1-3-4-14-20-26(23,24)18-12-10-17(11-13-18)25-15(2)19(22)21-16-8-6-5-7-9-16/h10-13,15-16,20H,3-9,14H2,1-2H3,(H,21,22)/t15-/m0/s1. The van der Waals surface area contributed by atoms with E-state index in [0.717, 1.165) is 38.5 Å². The molecule has 0 unspecified atom stereocenters. The highest BCUT2D eigenvalue weighted by Gasteiger charge is 2.21. The fourth-order valence-electron chi connectivity index (χ4n) is 2.99. The molecule has 1 aliphatic carbocycles. The summed E-state index contributed by atoms with van der Waals surface area (Å²) in [6, 6.07) is 6.39. The van der Waals surface area contributed by atoms with E-state index in [4.69, 9.17) is 4.74 Å². The van der Waals surface area contributed by atoms with Gasteiger partial charge in [-0.1, -0.05) is 32.6 Å². The smallest absolute Gasteiger partial charge is 0.260 e. The van der Waals surface area contributed by atoms with Crippen LogP contribution >= 0.6 is 0 Å². The van der Waals surface area contributed by atoms with Gasteiger partial charge in [0.15, 0.2) is 6.10 Å². The SMILES string of the molecule is CCCCNS(=O)(=O)c1ccc(O[C@@H](C)C(=O)NC2CCCCC2)cc1. The van der Waals surface area contributed by atoms with Crippen LogP contribution in [0, 0.1) is 0 Å². The summed E-state index contributed by atoms with van der Waals surface area (Å²) in [5.41, 5.74) is 0. The van der Waals surface area contributed by atoms with Crippen molar-refractivity contribution >= 4 is 15.9 Å². The number of nitrogens with one attached hydrogen (secondary N) is 2. The van der Waals surface area contributed by atoms with Crippen molar-refractivity contribution in [1.82, 2.24) is 10.0 Å². The average Bonchev–Trinajstić information content (AvgIpc) is 2.63. The number of hydrogen-bond donors (Lipinski definition) is 2. The van der Waals surface area contributed by atoms with Gasteiger partial charge in [-0.15, -0.1) is 0 Å². The van der Waals surface area contributed by atoms with Crippen molar-refractivity contribution in [3.63, 3.8) is 0 Å². The number of benzene rings is 1. The van der Waals surface area contributed by atoms with Crippen LogP contribution in [-0.4, -0.2) is 33.0 Å². The molecule has 1 aromatic carbocycles. The van der Waals surface area contributed by atoms with E-state index in [1.54, 1.807) is 19.1 Å².